The standard InChI is InChI=1S/C12H21N5S/c1-9-8-10(15-11(14-9)16-13)17-5-4-12(2,3)18-7-6-17/h8H,4-7,13H2,1-3H3,(H,14,15,16). The van der Waals surface area contributed by atoms with Crippen LogP contribution in [-0.2, 0) is 0 Å². The first-order chi connectivity index (χ1) is 8.50. The van der Waals surface area contributed by atoms with Crippen LogP contribution in [0.3, 0.4) is 0 Å². The van der Waals surface area contributed by atoms with Crippen LogP contribution in [0.4, 0.5) is 11.8 Å². The van der Waals surface area contributed by atoms with Gasteiger partial charge < -0.3 is 4.90 Å². The Labute approximate surface area is 113 Å². The number of thioether (sulfide) groups is 1. The molecule has 1 fully saturated rings. The SMILES string of the molecule is Cc1cc(N2CCSC(C)(C)CC2)nc(NN)n1. The van der Waals surface area contributed by atoms with Crippen LogP contribution in [0.2, 0.25) is 0 Å². The van der Waals surface area contributed by atoms with Gasteiger partial charge in [-0.25, -0.2) is 10.8 Å². The highest BCUT2D eigenvalue weighted by Gasteiger charge is 2.24. The lowest BCUT2D eigenvalue weighted by molar-refractivity contribution is 0.635. The van der Waals surface area contributed by atoms with Gasteiger partial charge in [-0.2, -0.15) is 16.7 Å². The Morgan fingerprint density at radius 3 is 2.89 bits per heavy atom. The predicted molar refractivity (Wildman–Crippen MR) is 77.9 cm³/mol. The van der Waals surface area contributed by atoms with Crippen LogP contribution in [-0.4, -0.2) is 33.6 Å². The molecule has 0 bridgehead atoms. The summed E-state index contributed by atoms with van der Waals surface area (Å²) in [4.78, 5) is 11.0. The van der Waals surface area contributed by atoms with Gasteiger partial charge in [0.1, 0.15) is 5.82 Å². The third-order valence-corrected chi connectivity index (χ3v) is 4.50. The molecule has 5 nitrogen and oxygen atoms in total. The number of nitrogens with one attached hydrogen (secondary N) is 1. The Morgan fingerprint density at radius 2 is 2.17 bits per heavy atom. The molecule has 1 aliphatic heterocycles. The van der Waals surface area contributed by atoms with E-state index in [1.54, 1.807) is 0 Å². The first kappa shape index (κ1) is 13.4. The number of nitrogens with zero attached hydrogens (tertiary/aromatic N) is 3. The topological polar surface area (TPSA) is 67.1 Å². The molecule has 0 aliphatic carbocycles. The first-order valence-electron chi connectivity index (χ1n) is 6.21. The number of aryl methyl sites for hydroxylation is 1. The normalized spacial score (nSPS) is 19.4. The van der Waals surface area contributed by atoms with Crippen LogP contribution < -0.4 is 16.2 Å². The molecule has 1 saturated heterocycles. The zero-order valence-corrected chi connectivity index (χ0v) is 12.0. The molecule has 0 radical (unpaired) electrons. The summed E-state index contributed by atoms with van der Waals surface area (Å²) in [5.74, 6) is 7.97. The highest BCUT2D eigenvalue weighted by atomic mass is 32.2. The van der Waals surface area contributed by atoms with Gasteiger partial charge in [0.05, 0.1) is 0 Å². The Morgan fingerprint density at radius 1 is 1.39 bits per heavy atom. The Hall–Kier alpha value is -1.01. The fourth-order valence-corrected chi connectivity index (χ4v) is 3.13. The highest BCUT2D eigenvalue weighted by molar-refractivity contribution is 8.00. The van der Waals surface area contributed by atoms with Crippen molar-refractivity contribution in [3.63, 3.8) is 0 Å². The van der Waals surface area contributed by atoms with E-state index in [2.05, 4.69) is 34.1 Å². The Kier molecular flexibility index (Phi) is 3.97. The molecule has 18 heavy (non-hydrogen) atoms. The highest BCUT2D eigenvalue weighted by Crippen LogP contribution is 2.32. The van der Waals surface area contributed by atoms with E-state index in [4.69, 9.17) is 5.84 Å². The minimum Gasteiger partial charge on any atom is -0.356 e. The monoisotopic (exact) mass is 267 g/mol. The molecule has 0 spiro atoms. The number of nitrogens with two attached hydrogens (primary N) is 1. The maximum atomic E-state index is 5.39. The number of hydrazine groups is 1. The van der Waals surface area contributed by atoms with Gasteiger partial charge >= 0.3 is 0 Å². The van der Waals surface area contributed by atoms with Crippen LogP contribution in [0.15, 0.2) is 6.07 Å². The maximum Gasteiger partial charge on any atom is 0.239 e. The quantitative estimate of drug-likeness (QED) is 0.629. The third-order valence-electron chi connectivity index (χ3n) is 3.13. The molecule has 1 aromatic heterocycles. The average Bonchev–Trinajstić information content (AvgIpc) is 2.49. The van der Waals surface area contributed by atoms with Crippen molar-refractivity contribution in [2.24, 2.45) is 5.84 Å². The van der Waals surface area contributed by atoms with Crippen molar-refractivity contribution in [1.82, 2.24) is 9.97 Å². The lowest BCUT2D eigenvalue weighted by atomic mass is 10.1. The van der Waals surface area contributed by atoms with Gasteiger partial charge in [0.25, 0.3) is 0 Å². The van der Waals surface area contributed by atoms with Crippen LogP contribution in [0.5, 0.6) is 0 Å². The smallest absolute Gasteiger partial charge is 0.239 e. The van der Waals surface area contributed by atoms with Crippen molar-refractivity contribution in [2.45, 2.75) is 31.9 Å². The molecule has 6 heteroatoms. The molecule has 1 aromatic rings. The molecular weight excluding hydrogens is 246 g/mol. The molecule has 2 rings (SSSR count). The van der Waals surface area contributed by atoms with E-state index in [9.17, 15) is 0 Å². The molecule has 1 aliphatic rings. The second-order valence-corrected chi connectivity index (χ2v) is 6.98. The van der Waals surface area contributed by atoms with Crippen LogP contribution >= 0.6 is 11.8 Å². The van der Waals surface area contributed by atoms with E-state index in [-0.39, 0.29) is 0 Å². The number of anilines is 2. The predicted octanol–water partition coefficient (Wildman–Crippen LogP) is 1.79. The summed E-state index contributed by atoms with van der Waals surface area (Å²) >= 11 is 2.03. The second-order valence-electron chi connectivity index (χ2n) is 5.18. The van der Waals surface area contributed by atoms with Crippen LogP contribution in [0.1, 0.15) is 26.0 Å². The van der Waals surface area contributed by atoms with Crippen molar-refractivity contribution < 1.29 is 0 Å². The van der Waals surface area contributed by atoms with Crippen molar-refractivity contribution >= 4 is 23.5 Å². The molecule has 100 valence electrons. The molecule has 0 saturated carbocycles. The lowest BCUT2D eigenvalue weighted by Gasteiger charge is -2.23. The minimum atomic E-state index is 0.353. The van der Waals surface area contributed by atoms with Crippen LogP contribution in [0.25, 0.3) is 0 Å². The van der Waals surface area contributed by atoms with E-state index in [0.29, 0.717) is 10.7 Å². The largest absolute Gasteiger partial charge is 0.356 e. The van der Waals surface area contributed by atoms with Crippen molar-refractivity contribution in [3.8, 4) is 0 Å². The van der Waals surface area contributed by atoms with Gasteiger partial charge in [0.2, 0.25) is 5.95 Å². The number of hydrogen-bond acceptors (Lipinski definition) is 6. The van der Waals surface area contributed by atoms with E-state index < -0.39 is 0 Å². The van der Waals surface area contributed by atoms with Gasteiger partial charge in [-0.3, -0.25) is 5.43 Å². The number of nitrogen functional groups attached to an aromatic ring is 1. The van der Waals surface area contributed by atoms with E-state index >= 15 is 0 Å². The van der Waals surface area contributed by atoms with Gasteiger partial charge in [-0.1, -0.05) is 13.8 Å². The molecule has 2 heterocycles. The Balaban J connectivity index is 2.18. The van der Waals surface area contributed by atoms with E-state index in [0.717, 1.165) is 36.8 Å². The molecular formula is C12H21N5S. The third kappa shape index (κ3) is 3.26. The lowest BCUT2D eigenvalue weighted by Crippen LogP contribution is -2.28. The molecule has 0 amide bonds. The summed E-state index contributed by atoms with van der Waals surface area (Å²) in [5, 5.41) is 0. The van der Waals surface area contributed by atoms with Crippen molar-refractivity contribution in [3.05, 3.63) is 11.8 Å². The fraction of sp³-hybridized carbons (Fsp3) is 0.667. The van der Waals surface area contributed by atoms with Crippen molar-refractivity contribution in [2.75, 3.05) is 29.2 Å². The summed E-state index contributed by atoms with van der Waals surface area (Å²) in [5.41, 5.74) is 3.46. The second kappa shape index (κ2) is 5.32. The fourth-order valence-electron chi connectivity index (χ4n) is 2.03. The van der Waals surface area contributed by atoms with Crippen molar-refractivity contribution in [1.29, 1.82) is 0 Å². The molecule has 0 unspecified atom stereocenters. The van der Waals surface area contributed by atoms with Gasteiger partial charge in [-0.05, 0) is 13.3 Å². The summed E-state index contributed by atoms with van der Waals surface area (Å²) in [6.07, 6.45) is 1.16. The average molecular weight is 267 g/mol. The summed E-state index contributed by atoms with van der Waals surface area (Å²) in [6, 6.07) is 2.02. The first-order valence-corrected chi connectivity index (χ1v) is 7.20. The summed E-state index contributed by atoms with van der Waals surface area (Å²) < 4.78 is 0.353. The summed E-state index contributed by atoms with van der Waals surface area (Å²) in [6.45, 7) is 8.62. The number of rotatable bonds is 2. The Bertz CT molecular complexity index is 421. The minimum absolute atomic E-state index is 0.353. The zero-order chi connectivity index (χ0) is 13.2. The molecule has 0 atom stereocenters. The number of aromatic nitrogens is 2. The van der Waals surface area contributed by atoms with Crippen LogP contribution in [0, 0.1) is 6.92 Å². The molecule has 3 N–H and O–H groups in total. The van der Waals surface area contributed by atoms with Gasteiger partial charge in [0, 0.05) is 35.3 Å². The summed E-state index contributed by atoms with van der Waals surface area (Å²) in [7, 11) is 0. The number of hydrogen-bond donors (Lipinski definition) is 2. The zero-order valence-electron chi connectivity index (χ0n) is 11.2. The van der Waals surface area contributed by atoms with E-state index in [1.165, 1.54) is 0 Å². The molecule has 0 aromatic carbocycles. The van der Waals surface area contributed by atoms with Gasteiger partial charge in [-0.15, -0.1) is 0 Å². The van der Waals surface area contributed by atoms with E-state index in [1.807, 2.05) is 24.8 Å². The van der Waals surface area contributed by atoms with Gasteiger partial charge in [0.15, 0.2) is 0 Å². The maximum absolute atomic E-state index is 5.39.